The van der Waals surface area contributed by atoms with Gasteiger partial charge in [-0.1, -0.05) is 0 Å². The summed E-state index contributed by atoms with van der Waals surface area (Å²) in [6.45, 7) is 1.93. The Morgan fingerprint density at radius 2 is 2.17 bits per heavy atom. The Balaban J connectivity index is 3.86. The number of rotatable bonds is 5. The summed E-state index contributed by atoms with van der Waals surface area (Å²) < 4.78 is 4.53. The summed E-state index contributed by atoms with van der Waals surface area (Å²) >= 11 is 0. The Bertz CT molecular complexity index is 169. The van der Waals surface area contributed by atoms with Crippen molar-refractivity contribution in [2.45, 2.75) is 13.3 Å². The molecule has 0 unspecified atom stereocenters. The van der Waals surface area contributed by atoms with E-state index in [9.17, 15) is 14.4 Å². The van der Waals surface area contributed by atoms with Crippen molar-refractivity contribution >= 4 is 18.8 Å². The van der Waals surface area contributed by atoms with Gasteiger partial charge in [0.15, 0.2) is 0 Å². The lowest BCUT2D eigenvalue weighted by molar-refractivity contribution is -0.117. The quantitative estimate of drug-likeness (QED) is 0.557. The first-order valence-corrected chi connectivity index (χ1v) is 3.58. The topological polar surface area (TPSA) is 63.7 Å². The zero-order chi connectivity index (χ0) is 9.40. The van der Waals surface area contributed by atoms with Crippen LogP contribution in [0.2, 0.25) is 0 Å². The van der Waals surface area contributed by atoms with Crippen molar-refractivity contribution in [1.29, 1.82) is 0 Å². The van der Waals surface area contributed by atoms with Crippen molar-refractivity contribution in [2.75, 3.05) is 13.2 Å². The van der Waals surface area contributed by atoms with E-state index < -0.39 is 6.09 Å². The molecule has 68 valence electrons. The fraction of sp³-hybridized carbons (Fsp3) is 0.571. The summed E-state index contributed by atoms with van der Waals surface area (Å²) in [5.74, 6) is 0. The maximum absolute atomic E-state index is 10.8. The minimum Gasteiger partial charge on any atom is -0.449 e. The molecule has 0 saturated carbocycles. The number of imide groups is 1. The van der Waals surface area contributed by atoms with Crippen LogP contribution in [0.15, 0.2) is 0 Å². The Morgan fingerprint density at radius 1 is 1.50 bits per heavy atom. The maximum atomic E-state index is 10.8. The minimum atomic E-state index is -0.714. The highest BCUT2D eigenvalue weighted by Gasteiger charge is 2.11. The number of amides is 2. The van der Waals surface area contributed by atoms with Crippen molar-refractivity contribution in [2.24, 2.45) is 0 Å². The highest BCUT2D eigenvalue weighted by atomic mass is 16.6. The number of hydrogen-bond donors (Lipinski definition) is 0. The molecule has 12 heavy (non-hydrogen) atoms. The molecular formula is C7H11NO4. The minimum absolute atomic E-state index is 0.0752. The Morgan fingerprint density at radius 3 is 2.58 bits per heavy atom. The molecule has 5 heteroatoms. The van der Waals surface area contributed by atoms with Gasteiger partial charge in [0.05, 0.1) is 6.61 Å². The van der Waals surface area contributed by atoms with Crippen LogP contribution >= 0.6 is 0 Å². The third-order valence-electron chi connectivity index (χ3n) is 1.12. The Labute approximate surface area is 70.3 Å². The molecule has 5 nitrogen and oxygen atoms in total. The predicted octanol–water partition coefficient (Wildman–Crippen LogP) is 0.190. The standard InChI is InChI=1S/C7H11NO4/c1-2-12-7(11)8(6-10)4-3-5-9/h5-6H,2-4H2,1H3. The molecule has 0 radical (unpaired) electrons. The van der Waals surface area contributed by atoms with Gasteiger partial charge in [0.25, 0.3) is 0 Å². The molecular weight excluding hydrogens is 162 g/mol. The third kappa shape index (κ3) is 3.70. The van der Waals surface area contributed by atoms with E-state index >= 15 is 0 Å². The molecule has 0 fully saturated rings. The third-order valence-corrected chi connectivity index (χ3v) is 1.12. The maximum Gasteiger partial charge on any atom is 0.416 e. The summed E-state index contributed by atoms with van der Waals surface area (Å²) in [7, 11) is 0. The van der Waals surface area contributed by atoms with Crippen molar-refractivity contribution in [3.8, 4) is 0 Å². The van der Waals surface area contributed by atoms with E-state index in [1.165, 1.54) is 0 Å². The van der Waals surface area contributed by atoms with Crippen LogP contribution in [-0.2, 0) is 14.3 Å². The SMILES string of the molecule is CCOC(=O)N(C=O)CCC=O. The van der Waals surface area contributed by atoms with E-state index in [1.54, 1.807) is 6.92 Å². The highest BCUT2D eigenvalue weighted by molar-refractivity contribution is 5.80. The molecule has 0 aliphatic carbocycles. The predicted molar refractivity (Wildman–Crippen MR) is 40.5 cm³/mol. The molecule has 0 spiro atoms. The molecule has 0 heterocycles. The average Bonchev–Trinajstić information content (AvgIpc) is 2.06. The van der Waals surface area contributed by atoms with E-state index in [0.717, 1.165) is 4.90 Å². The van der Waals surface area contributed by atoms with Gasteiger partial charge in [0, 0.05) is 13.0 Å². The van der Waals surface area contributed by atoms with Gasteiger partial charge in [-0.3, -0.25) is 4.79 Å². The van der Waals surface area contributed by atoms with Gasteiger partial charge in [0.1, 0.15) is 6.29 Å². The van der Waals surface area contributed by atoms with Crippen molar-refractivity contribution in [3.63, 3.8) is 0 Å². The van der Waals surface area contributed by atoms with Gasteiger partial charge in [0.2, 0.25) is 6.41 Å². The lowest BCUT2D eigenvalue weighted by atomic mass is 10.4. The van der Waals surface area contributed by atoms with Gasteiger partial charge in [-0.2, -0.15) is 0 Å². The smallest absolute Gasteiger partial charge is 0.416 e. The van der Waals surface area contributed by atoms with Crippen LogP contribution in [0.25, 0.3) is 0 Å². The molecule has 0 rings (SSSR count). The van der Waals surface area contributed by atoms with Crippen LogP contribution in [0.5, 0.6) is 0 Å². The second-order valence-corrected chi connectivity index (χ2v) is 1.95. The molecule has 0 atom stereocenters. The Kier molecular flexibility index (Phi) is 5.60. The number of ether oxygens (including phenoxy) is 1. The molecule has 0 bridgehead atoms. The van der Waals surface area contributed by atoms with Crippen LogP contribution in [0.4, 0.5) is 4.79 Å². The molecule has 0 aromatic carbocycles. The lowest BCUT2D eigenvalue weighted by Gasteiger charge is -2.12. The fourth-order valence-electron chi connectivity index (χ4n) is 0.585. The molecule has 0 saturated heterocycles. The van der Waals surface area contributed by atoms with Crippen LogP contribution in [0.3, 0.4) is 0 Å². The average molecular weight is 173 g/mol. The first-order valence-electron chi connectivity index (χ1n) is 3.58. The number of carbonyl (C=O) groups excluding carboxylic acids is 3. The summed E-state index contributed by atoms with van der Waals surface area (Å²) in [4.78, 5) is 31.8. The van der Waals surface area contributed by atoms with E-state index in [4.69, 9.17) is 0 Å². The van der Waals surface area contributed by atoms with Crippen molar-refractivity contribution in [1.82, 2.24) is 4.90 Å². The summed E-state index contributed by atoms with van der Waals surface area (Å²) in [6, 6.07) is 0. The van der Waals surface area contributed by atoms with Gasteiger partial charge in [-0.25, -0.2) is 9.69 Å². The number of hydrogen-bond acceptors (Lipinski definition) is 4. The lowest BCUT2D eigenvalue weighted by Crippen LogP contribution is -2.31. The number of aldehydes is 1. The van der Waals surface area contributed by atoms with Crippen molar-refractivity contribution < 1.29 is 19.1 Å². The van der Waals surface area contributed by atoms with Crippen LogP contribution < -0.4 is 0 Å². The first kappa shape index (κ1) is 10.6. The molecule has 0 N–H and O–H groups in total. The van der Waals surface area contributed by atoms with E-state index in [-0.39, 0.29) is 19.6 Å². The van der Waals surface area contributed by atoms with Crippen LogP contribution in [-0.4, -0.2) is 36.8 Å². The molecule has 0 aromatic heterocycles. The van der Waals surface area contributed by atoms with Crippen LogP contribution in [0, 0.1) is 0 Å². The summed E-state index contributed by atoms with van der Waals surface area (Å²) in [5.41, 5.74) is 0. The van der Waals surface area contributed by atoms with Gasteiger partial charge in [-0.15, -0.1) is 0 Å². The molecule has 0 aliphatic heterocycles. The monoisotopic (exact) mass is 173 g/mol. The van der Waals surface area contributed by atoms with Gasteiger partial charge >= 0.3 is 6.09 Å². The Hall–Kier alpha value is -1.39. The molecule has 2 amide bonds. The first-order chi connectivity index (χ1) is 5.76. The van der Waals surface area contributed by atoms with Crippen LogP contribution in [0.1, 0.15) is 13.3 Å². The summed E-state index contributed by atoms with van der Waals surface area (Å²) in [5, 5.41) is 0. The highest BCUT2D eigenvalue weighted by Crippen LogP contribution is 1.91. The largest absolute Gasteiger partial charge is 0.449 e. The number of nitrogens with zero attached hydrogens (tertiary/aromatic N) is 1. The second kappa shape index (κ2) is 6.33. The van der Waals surface area contributed by atoms with Gasteiger partial charge < -0.3 is 9.53 Å². The van der Waals surface area contributed by atoms with E-state index in [2.05, 4.69) is 4.74 Å². The molecule has 0 aromatic rings. The van der Waals surface area contributed by atoms with Crippen molar-refractivity contribution in [3.05, 3.63) is 0 Å². The zero-order valence-corrected chi connectivity index (χ0v) is 6.86. The summed E-state index contributed by atoms with van der Waals surface area (Å²) in [6.07, 6.45) is 0.406. The van der Waals surface area contributed by atoms with E-state index in [1.807, 2.05) is 0 Å². The van der Waals surface area contributed by atoms with E-state index in [0.29, 0.717) is 12.7 Å². The molecule has 0 aliphatic rings. The number of carbonyl (C=O) groups is 3. The normalized spacial score (nSPS) is 8.75. The fourth-order valence-corrected chi connectivity index (χ4v) is 0.585. The second-order valence-electron chi connectivity index (χ2n) is 1.95. The zero-order valence-electron chi connectivity index (χ0n) is 6.86. The van der Waals surface area contributed by atoms with Gasteiger partial charge in [-0.05, 0) is 6.92 Å².